The predicted molar refractivity (Wildman–Crippen MR) is 84.9 cm³/mol. The molecule has 1 aromatic carbocycles. The molecule has 1 heterocycles. The van der Waals surface area contributed by atoms with Crippen molar-refractivity contribution in [1.82, 2.24) is 5.32 Å². The van der Waals surface area contributed by atoms with Crippen LogP contribution in [0.3, 0.4) is 0 Å². The van der Waals surface area contributed by atoms with Crippen LogP contribution in [0.1, 0.15) is 35.7 Å². The zero-order valence-electron chi connectivity index (χ0n) is 13.4. The average molecular weight is 336 g/mol. The minimum absolute atomic E-state index is 0.0339. The van der Waals surface area contributed by atoms with E-state index < -0.39 is 22.2 Å². The van der Waals surface area contributed by atoms with Gasteiger partial charge in [0.05, 0.1) is 10.3 Å². The molecular weight excluding hydrogens is 316 g/mol. The molecular formula is C16H20N2O6. The third kappa shape index (κ3) is 3.70. The van der Waals surface area contributed by atoms with E-state index in [1.54, 1.807) is 13.0 Å². The van der Waals surface area contributed by atoms with Gasteiger partial charge in [-0.3, -0.25) is 19.7 Å². The van der Waals surface area contributed by atoms with Crippen molar-refractivity contribution in [3.05, 3.63) is 39.4 Å². The van der Waals surface area contributed by atoms with Crippen molar-refractivity contribution < 1.29 is 24.4 Å². The maximum absolute atomic E-state index is 12.3. The number of aliphatic carboxylic acids is 1. The van der Waals surface area contributed by atoms with Gasteiger partial charge >= 0.3 is 5.97 Å². The second-order valence-electron chi connectivity index (χ2n) is 5.83. The first-order chi connectivity index (χ1) is 11.4. The van der Waals surface area contributed by atoms with Crippen molar-refractivity contribution in [2.24, 2.45) is 5.41 Å². The van der Waals surface area contributed by atoms with E-state index in [1.165, 1.54) is 12.1 Å². The van der Waals surface area contributed by atoms with Crippen molar-refractivity contribution in [3.8, 4) is 0 Å². The highest BCUT2D eigenvalue weighted by atomic mass is 16.6. The zero-order valence-corrected chi connectivity index (χ0v) is 13.4. The summed E-state index contributed by atoms with van der Waals surface area (Å²) < 4.78 is 5.18. The molecule has 1 aliphatic rings. The molecule has 1 aliphatic heterocycles. The number of carboxylic acids is 1. The van der Waals surface area contributed by atoms with Gasteiger partial charge in [0, 0.05) is 37.0 Å². The lowest BCUT2D eigenvalue weighted by molar-refractivity contribution is -0.385. The summed E-state index contributed by atoms with van der Waals surface area (Å²) in [6.07, 6.45) is 1.12. The fraction of sp³-hybridized carbons (Fsp3) is 0.500. The van der Waals surface area contributed by atoms with E-state index in [1.807, 2.05) is 0 Å². The minimum Gasteiger partial charge on any atom is -0.481 e. The van der Waals surface area contributed by atoms with E-state index >= 15 is 0 Å². The number of nitrogens with zero attached hydrogens (tertiary/aromatic N) is 1. The number of hydrogen-bond acceptors (Lipinski definition) is 5. The van der Waals surface area contributed by atoms with Crippen LogP contribution in [0.15, 0.2) is 18.2 Å². The van der Waals surface area contributed by atoms with Crippen LogP contribution in [0.25, 0.3) is 0 Å². The maximum Gasteiger partial charge on any atom is 0.311 e. The van der Waals surface area contributed by atoms with Crippen LogP contribution in [0, 0.1) is 15.5 Å². The molecule has 8 nitrogen and oxygen atoms in total. The molecule has 1 amide bonds. The highest BCUT2D eigenvalue weighted by molar-refractivity contribution is 5.95. The molecule has 0 saturated carbocycles. The van der Waals surface area contributed by atoms with Gasteiger partial charge in [0.15, 0.2) is 0 Å². The smallest absolute Gasteiger partial charge is 0.311 e. The van der Waals surface area contributed by atoms with E-state index in [0.29, 0.717) is 38.0 Å². The number of nitro benzene ring substituents is 1. The Bertz CT molecular complexity index is 652. The Balaban J connectivity index is 2.13. The number of carboxylic acid groups (broad SMARTS) is 1. The van der Waals surface area contributed by atoms with E-state index in [2.05, 4.69) is 5.32 Å². The molecule has 0 atom stereocenters. The topological polar surface area (TPSA) is 119 Å². The highest BCUT2D eigenvalue weighted by Gasteiger charge is 2.40. The van der Waals surface area contributed by atoms with E-state index in [0.717, 1.165) is 0 Å². The zero-order chi connectivity index (χ0) is 17.7. The van der Waals surface area contributed by atoms with Crippen LogP contribution >= 0.6 is 0 Å². The van der Waals surface area contributed by atoms with Crippen LogP contribution < -0.4 is 5.32 Å². The molecule has 0 radical (unpaired) electrons. The van der Waals surface area contributed by atoms with Crippen LogP contribution in [0.2, 0.25) is 0 Å². The number of hydrogen-bond donors (Lipinski definition) is 2. The van der Waals surface area contributed by atoms with Crippen molar-refractivity contribution in [2.45, 2.75) is 26.2 Å². The Morgan fingerprint density at radius 2 is 2.04 bits per heavy atom. The Labute approximate surface area is 139 Å². The van der Waals surface area contributed by atoms with E-state index in [-0.39, 0.29) is 17.8 Å². The van der Waals surface area contributed by atoms with Crippen molar-refractivity contribution in [2.75, 3.05) is 19.8 Å². The lowest BCUT2D eigenvalue weighted by Gasteiger charge is -2.33. The van der Waals surface area contributed by atoms with Crippen molar-refractivity contribution in [1.29, 1.82) is 0 Å². The molecule has 0 spiro atoms. The van der Waals surface area contributed by atoms with Gasteiger partial charge in [-0.25, -0.2) is 0 Å². The summed E-state index contributed by atoms with van der Waals surface area (Å²) in [4.78, 5) is 34.4. The van der Waals surface area contributed by atoms with Gasteiger partial charge in [0.2, 0.25) is 0 Å². The third-order valence-electron chi connectivity index (χ3n) is 4.42. The lowest BCUT2D eigenvalue weighted by Crippen LogP contribution is -2.46. The van der Waals surface area contributed by atoms with Crippen molar-refractivity contribution >= 4 is 17.6 Å². The Kier molecular flexibility index (Phi) is 5.50. The normalized spacial score (nSPS) is 16.4. The summed E-state index contributed by atoms with van der Waals surface area (Å²) in [5, 5.41) is 23.1. The highest BCUT2D eigenvalue weighted by Crippen LogP contribution is 2.30. The van der Waals surface area contributed by atoms with Gasteiger partial charge in [0.1, 0.15) is 0 Å². The molecule has 0 aliphatic carbocycles. The first-order valence-electron chi connectivity index (χ1n) is 7.76. The maximum atomic E-state index is 12.3. The van der Waals surface area contributed by atoms with Gasteiger partial charge in [-0.05, 0) is 25.3 Å². The monoisotopic (exact) mass is 336 g/mol. The Hall–Kier alpha value is -2.48. The van der Waals surface area contributed by atoms with E-state index in [9.17, 15) is 24.8 Å². The standard InChI is InChI=1S/C16H20N2O6/c1-2-11-3-4-12(9-13(11)18(22)23)14(19)17-10-16(15(20)21)5-7-24-8-6-16/h3-4,9H,2,5-8,10H2,1H3,(H,17,19)(H,20,21). The second kappa shape index (κ2) is 7.39. The molecule has 1 saturated heterocycles. The lowest BCUT2D eigenvalue weighted by atomic mass is 9.80. The molecule has 2 N–H and O–H groups in total. The third-order valence-corrected chi connectivity index (χ3v) is 4.42. The summed E-state index contributed by atoms with van der Waals surface area (Å²) in [7, 11) is 0. The fourth-order valence-corrected chi connectivity index (χ4v) is 2.75. The summed E-state index contributed by atoms with van der Waals surface area (Å²) in [5.74, 6) is -1.49. The van der Waals surface area contributed by atoms with Crippen LogP contribution in [0.5, 0.6) is 0 Å². The van der Waals surface area contributed by atoms with Crippen molar-refractivity contribution in [3.63, 3.8) is 0 Å². The largest absolute Gasteiger partial charge is 0.481 e. The molecule has 1 aromatic rings. The number of carbonyl (C=O) groups is 2. The first kappa shape index (κ1) is 17.9. The fourth-order valence-electron chi connectivity index (χ4n) is 2.75. The van der Waals surface area contributed by atoms with Gasteiger partial charge < -0.3 is 15.2 Å². The molecule has 2 rings (SSSR count). The molecule has 1 fully saturated rings. The Morgan fingerprint density at radius 1 is 1.38 bits per heavy atom. The first-order valence-corrected chi connectivity index (χ1v) is 7.76. The minimum atomic E-state index is -1.05. The molecule has 0 bridgehead atoms. The number of carbonyl (C=O) groups excluding carboxylic acids is 1. The predicted octanol–water partition coefficient (Wildman–Crippen LogP) is 1.77. The second-order valence-corrected chi connectivity index (χ2v) is 5.83. The number of ether oxygens (including phenoxy) is 1. The Morgan fingerprint density at radius 3 is 2.58 bits per heavy atom. The molecule has 0 aromatic heterocycles. The number of benzene rings is 1. The van der Waals surface area contributed by atoms with Crippen LogP contribution in [0.4, 0.5) is 5.69 Å². The van der Waals surface area contributed by atoms with Crippen LogP contribution in [-0.4, -0.2) is 41.7 Å². The number of amides is 1. The molecule has 130 valence electrons. The van der Waals surface area contributed by atoms with Gasteiger partial charge in [0.25, 0.3) is 11.6 Å². The molecule has 24 heavy (non-hydrogen) atoms. The summed E-state index contributed by atoms with van der Waals surface area (Å²) in [6.45, 7) is 2.43. The quantitative estimate of drug-likeness (QED) is 0.603. The van der Waals surface area contributed by atoms with Crippen LogP contribution in [-0.2, 0) is 16.0 Å². The number of nitrogens with one attached hydrogen (secondary N) is 1. The number of aryl methyl sites for hydroxylation is 1. The number of nitro groups is 1. The SMILES string of the molecule is CCc1ccc(C(=O)NCC2(C(=O)O)CCOCC2)cc1[N+](=O)[O-]. The molecule has 0 unspecified atom stereocenters. The number of rotatable bonds is 6. The molecule has 8 heteroatoms. The van der Waals surface area contributed by atoms with Gasteiger partial charge in [-0.1, -0.05) is 13.0 Å². The van der Waals surface area contributed by atoms with E-state index in [4.69, 9.17) is 4.74 Å². The summed E-state index contributed by atoms with van der Waals surface area (Å²) >= 11 is 0. The summed E-state index contributed by atoms with van der Waals surface area (Å²) in [5.41, 5.74) is -0.470. The van der Waals surface area contributed by atoms with Gasteiger partial charge in [-0.15, -0.1) is 0 Å². The summed E-state index contributed by atoms with van der Waals surface area (Å²) in [6, 6.07) is 4.29. The van der Waals surface area contributed by atoms with Gasteiger partial charge in [-0.2, -0.15) is 0 Å². The average Bonchev–Trinajstić information content (AvgIpc) is 2.59.